The molecule has 0 bridgehead atoms. The number of benzene rings is 1. The van der Waals surface area contributed by atoms with Crippen LogP contribution in [0.3, 0.4) is 0 Å². The summed E-state index contributed by atoms with van der Waals surface area (Å²) in [7, 11) is 1.52. The van der Waals surface area contributed by atoms with Crippen molar-refractivity contribution in [3.8, 4) is 11.5 Å². The molecule has 0 N–H and O–H groups in total. The van der Waals surface area contributed by atoms with Crippen molar-refractivity contribution in [2.45, 2.75) is 26.4 Å². The quantitative estimate of drug-likeness (QED) is 0.740. The van der Waals surface area contributed by atoms with E-state index in [0.29, 0.717) is 17.1 Å². The van der Waals surface area contributed by atoms with Crippen LogP contribution in [0.5, 0.6) is 11.5 Å². The van der Waals surface area contributed by atoms with Crippen LogP contribution in [0.2, 0.25) is 0 Å². The largest absolute Gasteiger partial charge is 0.550 e. The van der Waals surface area contributed by atoms with Gasteiger partial charge in [0.05, 0.1) is 13.2 Å². The second-order valence-electron chi connectivity index (χ2n) is 3.70. The molecule has 0 aliphatic rings. The van der Waals surface area contributed by atoms with Crippen molar-refractivity contribution in [3.63, 3.8) is 0 Å². The molecule has 0 aromatic heterocycles. The number of carbonyl (C=O) groups excluding carboxylic acids is 1. The van der Waals surface area contributed by atoms with Crippen LogP contribution in [0.1, 0.15) is 19.4 Å². The standard InChI is InChI=1S/C12H16O4/c1-8(2)16-10-5-4-9(7-12(13)14)6-11(10)15-3/h4-6,8H,7H2,1-3H3,(H,13,14)/p-1. The fraction of sp³-hybridized carbons (Fsp3) is 0.417. The number of carbonyl (C=O) groups is 1. The third kappa shape index (κ3) is 3.46. The zero-order valence-corrected chi connectivity index (χ0v) is 9.65. The van der Waals surface area contributed by atoms with Gasteiger partial charge in [0.2, 0.25) is 0 Å². The minimum Gasteiger partial charge on any atom is -0.550 e. The first-order chi connectivity index (χ1) is 7.52. The predicted molar refractivity (Wildman–Crippen MR) is 57.5 cm³/mol. The second kappa shape index (κ2) is 5.39. The van der Waals surface area contributed by atoms with Crippen LogP contribution in [-0.4, -0.2) is 19.2 Å². The van der Waals surface area contributed by atoms with E-state index < -0.39 is 5.97 Å². The van der Waals surface area contributed by atoms with Crippen molar-refractivity contribution in [1.29, 1.82) is 0 Å². The minimum absolute atomic E-state index is 0.0425. The van der Waals surface area contributed by atoms with E-state index >= 15 is 0 Å². The summed E-state index contributed by atoms with van der Waals surface area (Å²) >= 11 is 0. The van der Waals surface area contributed by atoms with Crippen molar-refractivity contribution in [1.82, 2.24) is 0 Å². The molecule has 16 heavy (non-hydrogen) atoms. The lowest BCUT2D eigenvalue weighted by atomic mass is 10.1. The topological polar surface area (TPSA) is 58.6 Å². The van der Waals surface area contributed by atoms with Gasteiger partial charge in [0.25, 0.3) is 0 Å². The Balaban J connectivity index is 2.92. The van der Waals surface area contributed by atoms with E-state index in [2.05, 4.69) is 0 Å². The highest BCUT2D eigenvalue weighted by Crippen LogP contribution is 2.28. The number of carboxylic acids is 1. The smallest absolute Gasteiger partial charge is 0.161 e. The lowest BCUT2D eigenvalue weighted by Crippen LogP contribution is -2.24. The summed E-state index contributed by atoms with van der Waals surface area (Å²) in [6.45, 7) is 3.82. The molecular weight excluding hydrogens is 208 g/mol. The van der Waals surface area contributed by atoms with Crippen LogP contribution in [-0.2, 0) is 11.2 Å². The van der Waals surface area contributed by atoms with Crippen LogP contribution < -0.4 is 14.6 Å². The first-order valence-electron chi connectivity index (χ1n) is 5.06. The maximum absolute atomic E-state index is 10.4. The van der Waals surface area contributed by atoms with Gasteiger partial charge in [0.1, 0.15) is 0 Å². The molecule has 0 fully saturated rings. The first-order valence-corrected chi connectivity index (χ1v) is 5.06. The Morgan fingerprint density at radius 1 is 1.38 bits per heavy atom. The maximum Gasteiger partial charge on any atom is 0.161 e. The summed E-state index contributed by atoms with van der Waals surface area (Å²) < 4.78 is 10.6. The fourth-order valence-electron chi connectivity index (χ4n) is 1.34. The molecule has 0 atom stereocenters. The molecule has 0 spiro atoms. The maximum atomic E-state index is 10.4. The zero-order chi connectivity index (χ0) is 12.1. The minimum atomic E-state index is -1.11. The van der Waals surface area contributed by atoms with Gasteiger partial charge >= 0.3 is 0 Å². The lowest BCUT2D eigenvalue weighted by molar-refractivity contribution is -0.304. The number of ether oxygens (including phenoxy) is 2. The van der Waals surface area contributed by atoms with Crippen LogP contribution in [0.25, 0.3) is 0 Å². The van der Waals surface area contributed by atoms with Gasteiger partial charge in [0.15, 0.2) is 11.5 Å². The molecule has 4 nitrogen and oxygen atoms in total. The molecule has 0 saturated carbocycles. The third-order valence-electron chi connectivity index (χ3n) is 1.94. The predicted octanol–water partition coefficient (Wildman–Crippen LogP) is 0.775. The van der Waals surface area contributed by atoms with Gasteiger partial charge in [-0.2, -0.15) is 0 Å². The van der Waals surface area contributed by atoms with Crippen LogP contribution in [0, 0.1) is 0 Å². The molecule has 0 aliphatic carbocycles. The third-order valence-corrected chi connectivity index (χ3v) is 1.94. The van der Waals surface area contributed by atoms with E-state index in [4.69, 9.17) is 9.47 Å². The number of hydrogen-bond donors (Lipinski definition) is 0. The van der Waals surface area contributed by atoms with E-state index in [1.165, 1.54) is 7.11 Å². The molecular formula is C12H15O4-. The number of rotatable bonds is 5. The molecule has 1 rings (SSSR count). The Morgan fingerprint density at radius 3 is 2.56 bits per heavy atom. The SMILES string of the molecule is COc1cc(CC(=O)[O-])ccc1OC(C)C. The Kier molecular flexibility index (Phi) is 4.17. The zero-order valence-electron chi connectivity index (χ0n) is 9.65. The van der Waals surface area contributed by atoms with Crippen molar-refractivity contribution in [3.05, 3.63) is 23.8 Å². The van der Waals surface area contributed by atoms with Crippen molar-refractivity contribution in [2.24, 2.45) is 0 Å². The molecule has 1 aromatic carbocycles. The second-order valence-corrected chi connectivity index (χ2v) is 3.70. The van der Waals surface area contributed by atoms with Crippen LogP contribution in [0.4, 0.5) is 0 Å². The Hall–Kier alpha value is -1.71. The molecule has 0 heterocycles. The summed E-state index contributed by atoms with van der Waals surface area (Å²) in [4.78, 5) is 10.4. The fourth-order valence-corrected chi connectivity index (χ4v) is 1.34. The van der Waals surface area contributed by atoms with Gasteiger partial charge in [-0.05, 0) is 31.5 Å². The first kappa shape index (κ1) is 12.4. The average molecular weight is 223 g/mol. The highest BCUT2D eigenvalue weighted by atomic mass is 16.5. The molecule has 4 heteroatoms. The summed E-state index contributed by atoms with van der Waals surface area (Å²) in [6.07, 6.45) is -0.0842. The van der Waals surface area contributed by atoms with Crippen LogP contribution >= 0.6 is 0 Å². The van der Waals surface area contributed by atoms with E-state index in [1.807, 2.05) is 13.8 Å². The summed E-state index contributed by atoms with van der Waals surface area (Å²) in [6, 6.07) is 5.04. The van der Waals surface area contributed by atoms with Gasteiger partial charge < -0.3 is 19.4 Å². The van der Waals surface area contributed by atoms with Crippen LogP contribution in [0.15, 0.2) is 18.2 Å². The van der Waals surface area contributed by atoms with Gasteiger partial charge in [0, 0.05) is 12.4 Å². The average Bonchev–Trinajstić information content (AvgIpc) is 2.18. The van der Waals surface area contributed by atoms with Crippen molar-refractivity contribution < 1.29 is 19.4 Å². The van der Waals surface area contributed by atoms with Crippen molar-refractivity contribution >= 4 is 5.97 Å². The Bertz CT molecular complexity index is 371. The summed E-state index contributed by atoms with van der Waals surface area (Å²) in [5.74, 6) is 0.0339. The number of methoxy groups -OCH3 is 1. The Morgan fingerprint density at radius 2 is 2.06 bits per heavy atom. The van der Waals surface area contributed by atoms with Gasteiger partial charge in [-0.25, -0.2) is 0 Å². The lowest BCUT2D eigenvalue weighted by Gasteiger charge is -2.14. The highest BCUT2D eigenvalue weighted by molar-refractivity contribution is 5.68. The number of aliphatic carboxylic acids is 1. The molecule has 0 radical (unpaired) electrons. The van der Waals surface area contributed by atoms with Gasteiger partial charge in [-0.3, -0.25) is 0 Å². The molecule has 88 valence electrons. The molecule has 0 unspecified atom stereocenters. The molecule has 0 aliphatic heterocycles. The van der Waals surface area contributed by atoms with E-state index in [-0.39, 0.29) is 12.5 Å². The molecule has 1 aromatic rings. The monoisotopic (exact) mass is 223 g/mol. The highest BCUT2D eigenvalue weighted by Gasteiger charge is 2.07. The molecule has 0 saturated heterocycles. The Labute approximate surface area is 94.8 Å². The van der Waals surface area contributed by atoms with E-state index in [9.17, 15) is 9.90 Å². The van der Waals surface area contributed by atoms with E-state index in [1.54, 1.807) is 18.2 Å². The normalized spacial score (nSPS) is 10.2. The summed E-state index contributed by atoms with van der Waals surface area (Å²) in [5.41, 5.74) is 0.632. The molecule has 0 amide bonds. The number of carboxylic acid groups (broad SMARTS) is 1. The summed E-state index contributed by atoms with van der Waals surface area (Å²) in [5, 5.41) is 10.4. The van der Waals surface area contributed by atoms with E-state index in [0.717, 1.165) is 0 Å². The van der Waals surface area contributed by atoms with Gasteiger partial charge in [-0.15, -0.1) is 0 Å². The number of hydrogen-bond acceptors (Lipinski definition) is 4. The van der Waals surface area contributed by atoms with Crippen molar-refractivity contribution in [2.75, 3.05) is 7.11 Å². The van der Waals surface area contributed by atoms with Gasteiger partial charge in [-0.1, -0.05) is 6.07 Å².